The molecular formula is C22H23N3O4S. The van der Waals surface area contributed by atoms with Gasteiger partial charge < -0.3 is 9.88 Å². The number of benzene rings is 2. The van der Waals surface area contributed by atoms with Crippen LogP contribution in [-0.2, 0) is 27.9 Å². The second kappa shape index (κ2) is 9.06. The average molecular weight is 426 g/mol. The van der Waals surface area contributed by atoms with Crippen molar-refractivity contribution in [3.05, 3.63) is 93.9 Å². The third-order valence-electron chi connectivity index (χ3n) is 4.61. The zero-order valence-corrected chi connectivity index (χ0v) is 17.6. The first-order chi connectivity index (χ1) is 14.2. The molecule has 0 aliphatic carbocycles. The number of carbonyl (C=O) groups is 1. The minimum atomic E-state index is -3.66. The highest BCUT2D eigenvalue weighted by Crippen LogP contribution is 2.15. The van der Waals surface area contributed by atoms with E-state index >= 15 is 0 Å². The number of aryl methyl sites for hydroxylation is 2. The highest BCUT2D eigenvalue weighted by molar-refractivity contribution is 7.89. The van der Waals surface area contributed by atoms with E-state index in [-0.39, 0.29) is 29.3 Å². The van der Waals surface area contributed by atoms with E-state index < -0.39 is 10.0 Å². The van der Waals surface area contributed by atoms with Crippen LogP contribution >= 0.6 is 0 Å². The Morgan fingerprint density at radius 1 is 0.933 bits per heavy atom. The number of anilines is 1. The summed E-state index contributed by atoms with van der Waals surface area (Å²) in [6, 6.07) is 18.2. The van der Waals surface area contributed by atoms with Crippen molar-refractivity contribution in [1.29, 1.82) is 0 Å². The topological polar surface area (TPSA) is 97.3 Å². The van der Waals surface area contributed by atoms with Crippen LogP contribution in [0.2, 0.25) is 0 Å². The molecule has 0 aliphatic heterocycles. The molecule has 156 valence electrons. The molecule has 8 heteroatoms. The molecule has 7 nitrogen and oxygen atoms in total. The normalized spacial score (nSPS) is 11.3. The number of nitrogens with one attached hydrogen (secondary N) is 2. The number of amides is 1. The Labute approximate surface area is 175 Å². The highest BCUT2D eigenvalue weighted by atomic mass is 32.2. The largest absolute Gasteiger partial charge is 0.340 e. The minimum Gasteiger partial charge on any atom is -0.340 e. The van der Waals surface area contributed by atoms with Crippen LogP contribution in [-0.4, -0.2) is 18.9 Å². The molecule has 0 radical (unpaired) electrons. The lowest BCUT2D eigenvalue weighted by Gasteiger charge is -2.14. The van der Waals surface area contributed by atoms with Gasteiger partial charge in [0.1, 0.15) is 6.54 Å². The molecule has 2 aromatic carbocycles. The van der Waals surface area contributed by atoms with Crippen LogP contribution in [0.1, 0.15) is 17.0 Å². The molecule has 0 atom stereocenters. The van der Waals surface area contributed by atoms with Crippen molar-refractivity contribution >= 4 is 21.6 Å². The summed E-state index contributed by atoms with van der Waals surface area (Å²) in [5.41, 5.74) is 2.64. The van der Waals surface area contributed by atoms with Gasteiger partial charge in [0, 0.05) is 35.8 Å². The second-order valence-corrected chi connectivity index (χ2v) is 8.71. The lowest BCUT2D eigenvalue weighted by Crippen LogP contribution is -2.24. The first-order valence-electron chi connectivity index (χ1n) is 9.36. The number of sulfonamides is 1. The van der Waals surface area contributed by atoms with Gasteiger partial charge in [0.2, 0.25) is 15.9 Å². The van der Waals surface area contributed by atoms with Crippen molar-refractivity contribution < 1.29 is 13.2 Å². The number of hydrogen-bond acceptors (Lipinski definition) is 4. The molecular weight excluding hydrogens is 402 g/mol. The number of pyridine rings is 1. The van der Waals surface area contributed by atoms with Crippen LogP contribution < -0.4 is 15.5 Å². The molecule has 2 N–H and O–H groups in total. The van der Waals surface area contributed by atoms with Crippen LogP contribution in [0, 0.1) is 13.8 Å². The van der Waals surface area contributed by atoms with Gasteiger partial charge in [-0.15, -0.1) is 0 Å². The van der Waals surface area contributed by atoms with Gasteiger partial charge >= 0.3 is 0 Å². The molecule has 1 amide bonds. The zero-order chi connectivity index (χ0) is 21.7. The summed E-state index contributed by atoms with van der Waals surface area (Å²) < 4.78 is 29.2. The molecule has 1 heterocycles. The molecule has 0 saturated carbocycles. The summed E-state index contributed by atoms with van der Waals surface area (Å²) in [6.45, 7) is 3.78. The predicted octanol–water partition coefficient (Wildman–Crippen LogP) is 2.58. The van der Waals surface area contributed by atoms with Crippen LogP contribution in [0.5, 0.6) is 0 Å². The fourth-order valence-electron chi connectivity index (χ4n) is 3.06. The predicted molar refractivity (Wildman–Crippen MR) is 116 cm³/mol. The summed E-state index contributed by atoms with van der Waals surface area (Å²) in [5.74, 6) is -0.275. The standard InChI is InChI=1S/C22H23N3O4S/c1-16-12-20(26)13-17(2)25(16)15-22(27)24-19-8-10-21(11-9-19)30(28,29)23-14-18-6-4-3-5-7-18/h3-13,23H,14-15H2,1-2H3,(H,24,27). The molecule has 0 spiro atoms. The minimum absolute atomic E-state index is 0.0522. The molecule has 30 heavy (non-hydrogen) atoms. The van der Waals surface area contributed by atoms with E-state index in [1.165, 1.54) is 24.3 Å². The summed E-state index contributed by atoms with van der Waals surface area (Å²) >= 11 is 0. The smallest absolute Gasteiger partial charge is 0.244 e. The van der Waals surface area contributed by atoms with E-state index in [2.05, 4.69) is 10.0 Å². The van der Waals surface area contributed by atoms with Gasteiger partial charge in [0.05, 0.1) is 4.90 Å². The Balaban J connectivity index is 1.64. The van der Waals surface area contributed by atoms with Gasteiger partial charge in [-0.05, 0) is 43.7 Å². The molecule has 1 aromatic heterocycles. The average Bonchev–Trinajstić information content (AvgIpc) is 2.70. The lowest BCUT2D eigenvalue weighted by atomic mass is 10.2. The molecule has 0 fully saturated rings. The van der Waals surface area contributed by atoms with Gasteiger partial charge in [-0.3, -0.25) is 9.59 Å². The number of nitrogens with zero attached hydrogens (tertiary/aromatic N) is 1. The number of hydrogen-bond donors (Lipinski definition) is 2. The molecule has 0 bridgehead atoms. The second-order valence-electron chi connectivity index (χ2n) is 6.94. The Hall–Kier alpha value is -3.23. The molecule has 3 rings (SSSR count). The third kappa shape index (κ3) is 5.43. The van der Waals surface area contributed by atoms with Gasteiger partial charge in [-0.25, -0.2) is 13.1 Å². The van der Waals surface area contributed by atoms with Crippen molar-refractivity contribution in [2.45, 2.75) is 31.8 Å². The molecule has 0 unspecified atom stereocenters. The summed E-state index contributed by atoms with van der Waals surface area (Å²) in [6.07, 6.45) is 0. The van der Waals surface area contributed by atoms with Crippen LogP contribution in [0.4, 0.5) is 5.69 Å². The fraction of sp³-hybridized carbons (Fsp3) is 0.182. The zero-order valence-electron chi connectivity index (χ0n) is 16.8. The van der Waals surface area contributed by atoms with Crippen LogP contribution in [0.15, 0.2) is 76.4 Å². The van der Waals surface area contributed by atoms with Crippen molar-refractivity contribution in [3.63, 3.8) is 0 Å². The summed E-state index contributed by atoms with van der Waals surface area (Å²) in [4.78, 5) is 24.0. The highest BCUT2D eigenvalue weighted by Gasteiger charge is 2.14. The van der Waals surface area contributed by atoms with Crippen molar-refractivity contribution in [3.8, 4) is 0 Å². The van der Waals surface area contributed by atoms with E-state index in [4.69, 9.17) is 0 Å². The molecule has 3 aromatic rings. The Kier molecular flexibility index (Phi) is 6.49. The Morgan fingerprint density at radius 2 is 1.53 bits per heavy atom. The van der Waals surface area contributed by atoms with E-state index in [0.717, 1.165) is 5.56 Å². The Bertz CT molecular complexity index is 1180. The van der Waals surface area contributed by atoms with Gasteiger partial charge in [0.15, 0.2) is 5.43 Å². The first kappa shape index (κ1) is 21.5. The SMILES string of the molecule is Cc1cc(=O)cc(C)n1CC(=O)Nc1ccc(S(=O)(=O)NCc2ccccc2)cc1. The van der Waals surface area contributed by atoms with E-state index in [1.807, 2.05) is 30.3 Å². The van der Waals surface area contributed by atoms with E-state index in [9.17, 15) is 18.0 Å². The summed E-state index contributed by atoms with van der Waals surface area (Å²) in [7, 11) is -3.66. The van der Waals surface area contributed by atoms with Gasteiger partial charge in [0.25, 0.3) is 0 Å². The van der Waals surface area contributed by atoms with Gasteiger partial charge in [-0.2, -0.15) is 0 Å². The maximum absolute atomic E-state index is 12.5. The van der Waals surface area contributed by atoms with Crippen LogP contribution in [0.3, 0.4) is 0 Å². The van der Waals surface area contributed by atoms with E-state index in [1.54, 1.807) is 30.5 Å². The molecule has 0 saturated heterocycles. The fourth-order valence-corrected chi connectivity index (χ4v) is 4.07. The van der Waals surface area contributed by atoms with Crippen molar-refractivity contribution in [2.24, 2.45) is 0 Å². The van der Waals surface area contributed by atoms with E-state index in [0.29, 0.717) is 17.1 Å². The summed E-state index contributed by atoms with van der Waals surface area (Å²) in [5, 5.41) is 2.74. The maximum Gasteiger partial charge on any atom is 0.244 e. The Morgan fingerprint density at radius 3 is 2.13 bits per heavy atom. The quantitative estimate of drug-likeness (QED) is 0.608. The maximum atomic E-state index is 12.5. The van der Waals surface area contributed by atoms with Crippen molar-refractivity contribution in [2.75, 3.05) is 5.32 Å². The number of aromatic nitrogens is 1. The number of rotatable bonds is 7. The van der Waals surface area contributed by atoms with Crippen LogP contribution in [0.25, 0.3) is 0 Å². The lowest BCUT2D eigenvalue weighted by molar-refractivity contribution is -0.116. The third-order valence-corrected chi connectivity index (χ3v) is 6.03. The number of carbonyl (C=O) groups excluding carboxylic acids is 1. The van der Waals surface area contributed by atoms with Gasteiger partial charge in [-0.1, -0.05) is 30.3 Å². The first-order valence-corrected chi connectivity index (χ1v) is 10.8. The van der Waals surface area contributed by atoms with Crippen molar-refractivity contribution in [1.82, 2.24) is 9.29 Å². The monoisotopic (exact) mass is 425 g/mol. The molecule has 0 aliphatic rings.